The zero-order valence-electron chi connectivity index (χ0n) is 20.4. The summed E-state index contributed by atoms with van der Waals surface area (Å²) in [7, 11) is 1.72. The van der Waals surface area contributed by atoms with E-state index in [9.17, 15) is 14.4 Å². The Morgan fingerprint density at radius 2 is 2.03 bits per heavy atom. The van der Waals surface area contributed by atoms with Crippen molar-refractivity contribution < 1.29 is 4.39 Å². The maximum absolute atomic E-state index is 14.5. The van der Waals surface area contributed by atoms with Crippen molar-refractivity contribution in [2.24, 2.45) is 7.05 Å². The van der Waals surface area contributed by atoms with Crippen LogP contribution in [0.4, 0.5) is 10.1 Å². The SMILES string of the molecule is C[C@@H]1CN(c2cc(C#N)nc3ccc(=O)n(C)c23)[C@@](C)(C(c2cccc(F)c2)c2ccccn2)CN1. The molecule has 1 aliphatic heterocycles. The van der Waals surface area contributed by atoms with E-state index in [4.69, 9.17) is 0 Å². The summed E-state index contributed by atoms with van der Waals surface area (Å²) in [6, 6.07) is 19.5. The Hall–Kier alpha value is -4.09. The minimum atomic E-state index is -0.637. The van der Waals surface area contributed by atoms with Crippen LogP contribution in [-0.2, 0) is 7.05 Å². The molecule has 1 aromatic carbocycles. The van der Waals surface area contributed by atoms with Gasteiger partial charge >= 0.3 is 0 Å². The Morgan fingerprint density at radius 1 is 1.19 bits per heavy atom. The lowest BCUT2D eigenvalue weighted by Crippen LogP contribution is -2.65. The number of aromatic nitrogens is 3. The van der Waals surface area contributed by atoms with E-state index in [1.165, 1.54) is 12.1 Å². The molecule has 0 spiro atoms. The van der Waals surface area contributed by atoms with E-state index in [0.29, 0.717) is 24.1 Å². The number of fused-ring (bicyclic) bond motifs is 1. The molecule has 8 heteroatoms. The highest BCUT2D eigenvalue weighted by molar-refractivity contribution is 5.90. The van der Waals surface area contributed by atoms with Gasteiger partial charge in [-0.2, -0.15) is 5.26 Å². The standard InChI is InChI=1S/C28H27FN6O/c1-18-16-35(24-14-21(15-30)33-23-10-11-25(36)34(3)27(23)24)28(2,17-32-18)26(22-9-4-5-12-31-22)19-7-6-8-20(29)13-19/h4-14,18,26,32H,16-17H2,1-3H3/t18-,26?,28-/m1/s1. The van der Waals surface area contributed by atoms with Crippen LogP contribution in [0.3, 0.4) is 0 Å². The number of nitrogens with zero attached hydrogens (tertiary/aromatic N) is 5. The van der Waals surface area contributed by atoms with E-state index in [0.717, 1.165) is 16.9 Å². The van der Waals surface area contributed by atoms with Gasteiger partial charge < -0.3 is 14.8 Å². The van der Waals surface area contributed by atoms with Crippen LogP contribution in [-0.4, -0.2) is 39.2 Å². The lowest BCUT2D eigenvalue weighted by atomic mass is 9.75. The number of halogens is 1. The molecule has 1 fully saturated rings. The van der Waals surface area contributed by atoms with E-state index < -0.39 is 5.54 Å². The number of hydrogen-bond acceptors (Lipinski definition) is 6. The zero-order valence-corrected chi connectivity index (χ0v) is 20.4. The zero-order chi connectivity index (χ0) is 25.4. The number of nitriles is 1. The predicted molar refractivity (Wildman–Crippen MR) is 137 cm³/mol. The van der Waals surface area contributed by atoms with E-state index in [2.05, 4.69) is 40.1 Å². The molecule has 36 heavy (non-hydrogen) atoms. The lowest BCUT2D eigenvalue weighted by Gasteiger charge is -2.53. The minimum absolute atomic E-state index is 0.129. The van der Waals surface area contributed by atoms with Crippen LogP contribution in [0, 0.1) is 17.1 Å². The first kappa shape index (κ1) is 23.6. The van der Waals surface area contributed by atoms with Crippen molar-refractivity contribution in [1.29, 1.82) is 5.26 Å². The molecule has 0 saturated carbocycles. The molecule has 0 aliphatic carbocycles. The Kier molecular flexibility index (Phi) is 6.02. The maximum Gasteiger partial charge on any atom is 0.250 e. The summed E-state index contributed by atoms with van der Waals surface area (Å²) in [5.41, 5.74) is 3.04. The summed E-state index contributed by atoms with van der Waals surface area (Å²) >= 11 is 0. The number of benzene rings is 1. The average Bonchev–Trinajstić information content (AvgIpc) is 2.88. The van der Waals surface area contributed by atoms with Crippen LogP contribution in [0.1, 0.15) is 36.7 Å². The third kappa shape index (κ3) is 4.01. The Bertz CT molecular complexity index is 1530. The van der Waals surface area contributed by atoms with Crippen LogP contribution >= 0.6 is 0 Å². The normalized spacial score (nSPS) is 20.8. The molecule has 4 heterocycles. The maximum atomic E-state index is 14.5. The van der Waals surface area contributed by atoms with Gasteiger partial charge in [0, 0.05) is 44.5 Å². The Morgan fingerprint density at radius 3 is 2.75 bits per heavy atom. The highest BCUT2D eigenvalue weighted by atomic mass is 19.1. The van der Waals surface area contributed by atoms with Crippen LogP contribution in [0.5, 0.6) is 0 Å². The highest BCUT2D eigenvalue weighted by Crippen LogP contribution is 2.43. The molecule has 0 amide bonds. The van der Waals surface area contributed by atoms with Gasteiger partial charge in [0.2, 0.25) is 0 Å². The van der Waals surface area contributed by atoms with Gasteiger partial charge in [-0.1, -0.05) is 18.2 Å². The van der Waals surface area contributed by atoms with E-state index >= 15 is 0 Å². The predicted octanol–water partition coefficient (Wildman–Crippen LogP) is 3.73. The number of rotatable bonds is 4. The van der Waals surface area contributed by atoms with Crippen LogP contribution < -0.4 is 15.8 Å². The van der Waals surface area contributed by atoms with Crippen LogP contribution in [0.25, 0.3) is 11.0 Å². The van der Waals surface area contributed by atoms with Crippen molar-refractivity contribution in [1.82, 2.24) is 19.9 Å². The van der Waals surface area contributed by atoms with Crippen molar-refractivity contribution in [2.75, 3.05) is 18.0 Å². The van der Waals surface area contributed by atoms with Crippen molar-refractivity contribution in [3.8, 4) is 6.07 Å². The number of hydrogen-bond donors (Lipinski definition) is 1. The molecule has 3 atom stereocenters. The smallest absolute Gasteiger partial charge is 0.250 e. The third-order valence-corrected chi connectivity index (χ3v) is 7.12. The van der Waals surface area contributed by atoms with Crippen LogP contribution in [0.2, 0.25) is 0 Å². The molecule has 0 radical (unpaired) electrons. The summed E-state index contributed by atoms with van der Waals surface area (Å²) in [5, 5.41) is 13.4. The molecule has 1 aliphatic rings. The van der Waals surface area contributed by atoms with Gasteiger partial charge in [0.1, 0.15) is 17.6 Å². The van der Waals surface area contributed by atoms with Gasteiger partial charge in [0.05, 0.1) is 33.9 Å². The van der Waals surface area contributed by atoms with Gasteiger partial charge in [-0.25, -0.2) is 9.37 Å². The van der Waals surface area contributed by atoms with E-state index in [-0.39, 0.29) is 29.0 Å². The van der Waals surface area contributed by atoms with Gasteiger partial charge in [-0.05, 0) is 49.7 Å². The molecular weight excluding hydrogens is 455 g/mol. The summed E-state index contributed by atoms with van der Waals surface area (Å²) in [6.45, 7) is 5.38. The summed E-state index contributed by atoms with van der Waals surface area (Å²) in [4.78, 5) is 24.0. The van der Waals surface area contributed by atoms with Gasteiger partial charge in [-0.15, -0.1) is 0 Å². The monoisotopic (exact) mass is 482 g/mol. The summed E-state index contributed by atoms with van der Waals surface area (Å²) < 4.78 is 16.1. The largest absolute Gasteiger partial charge is 0.360 e. The fourth-order valence-electron chi connectivity index (χ4n) is 5.38. The molecule has 1 N–H and O–H groups in total. The first-order chi connectivity index (χ1) is 17.3. The van der Waals surface area contributed by atoms with Crippen molar-refractivity contribution in [2.45, 2.75) is 31.3 Å². The van der Waals surface area contributed by atoms with Crippen molar-refractivity contribution >= 4 is 16.7 Å². The molecular formula is C28H27FN6O. The molecule has 3 aromatic heterocycles. The molecule has 0 bridgehead atoms. The number of anilines is 1. The average molecular weight is 483 g/mol. The molecule has 1 unspecified atom stereocenters. The molecule has 4 aromatic rings. The highest BCUT2D eigenvalue weighted by Gasteiger charge is 2.46. The summed E-state index contributed by atoms with van der Waals surface area (Å²) in [5.74, 6) is -0.631. The quantitative estimate of drug-likeness (QED) is 0.477. The van der Waals surface area contributed by atoms with Crippen molar-refractivity contribution in [3.05, 3.63) is 100.0 Å². The lowest BCUT2D eigenvalue weighted by molar-refractivity contribution is 0.283. The molecule has 5 rings (SSSR count). The number of pyridine rings is 3. The number of aryl methyl sites for hydroxylation is 1. The van der Waals surface area contributed by atoms with Gasteiger partial charge in [0.25, 0.3) is 5.56 Å². The molecule has 1 saturated heterocycles. The summed E-state index contributed by atoms with van der Waals surface area (Å²) in [6.07, 6.45) is 1.74. The Labute approximate surface area is 208 Å². The second kappa shape index (κ2) is 9.17. The minimum Gasteiger partial charge on any atom is -0.360 e. The van der Waals surface area contributed by atoms with Crippen molar-refractivity contribution in [3.63, 3.8) is 0 Å². The first-order valence-electron chi connectivity index (χ1n) is 11.9. The first-order valence-corrected chi connectivity index (χ1v) is 11.9. The third-order valence-electron chi connectivity index (χ3n) is 7.12. The fourth-order valence-corrected chi connectivity index (χ4v) is 5.38. The van der Waals surface area contributed by atoms with Gasteiger partial charge in [0.15, 0.2) is 0 Å². The topological polar surface area (TPSA) is 86.8 Å². The van der Waals surface area contributed by atoms with Gasteiger partial charge in [-0.3, -0.25) is 9.78 Å². The molecule has 182 valence electrons. The fraction of sp³-hybridized carbons (Fsp3) is 0.286. The second-order valence-electron chi connectivity index (χ2n) is 9.60. The second-order valence-corrected chi connectivity index (χ2v) is 9.60. The Balaban J connectivity index is 1.81. The number of piperazine rings is 1. The van der Waals surface area contributed by atoms with E-state index in [1.807, 2.05) is 24.3 Å². The number of nitrogens with one attached hydrogen (secondary N) is 1. The van der Waals surface area contributed by atoms with E-state index in [1.54, 1.807) is 42.1 Å². The molecule has 7 nitrogen and oxygen atoms in total. The van der Waals surface area contributed by atoms with Crippen LogP contribution in [0.15, 0.2) is 71.7 Å².